The standard InChI is InChI=1S/C20H17FN2O4/c21-17-7-5-15(6-8-17)14-1-3-16(4-2-14)19(25)22-9-13(10-22)11-23-18(24)12-27-20(23)26/h1-8,13H,9-12H2. The lowest BCUT2D eigenvalue weighted by Gasteiger charge is -2.40. The summed E-state index contributed by atoms with van der Waals surface area (Å²) >= 11 is 0. The molecule has 0 aliphatic carbocycles. The molecular formula is C20H17FN2O4. The molecule has 2 aromatic carbocycles. The van der Waals surface area contributed by atoms with Gasteiger partial charge in [-0.2, -0.15) is 0 Å². The summed E-state index contributed by atoms with van der Waals surface area (Å²) in [6, 6.07) is 13.3. The number of imide groups is 1. The molecule has 0 aromatic heterocycles. The highest BCUT2D eigenvalue weighted by Gasteiger charge is 2.38. The Bertz CT molecular complexity index is 873. The topological polar surface area (TPSA) is 66.9 Å². The van der Waals surface area contributed by atoms with E-state index in [0.29, 0.717) is 18.7 Å². The summed E-state index contributed by atoms with van der Waals surface area (Å²) in [5.74, 6) is -0.641. The summed E-state index contributed by atoms with van der Waals surface area (Å²) < 4.78 is 17.7. The molecule has 6 nitrogen and oxygen atoms in total. The van der Waals surface area contributed by atoms with Gasteiger partial charge in [0.25, 0.3) is 11.8 Å². The Kier molecular flexibility index (Phi) is 4.35. The van der Waals surface area contributed by atoms with Crippen molar-refractivity contribution in [1.29, 1.82) is 0 Å². The molecule has 3 amide bonds. The molecule has 4 rings (SSSR count). The maximum Gasteiger partial charge on any atom is 0.417 e. The minimum absolute atomic E-state index is 0.0713. The third-order valence-corrected chi connectivity index (χ3v) is 4.84. The number of rotatable bonds is 4. The van der Waals surface area contributed by atoms with Crippen LogP contribution < -0.4 is 0 Å². The molecule has 0 bridgehead atoms. The highest BCUT2D eigenvalue weighted by atomic mass is 19.1. The second-order valence-electron chi connectivity index (χ2n) is 6.72. The van der Waals surface area contributed by atoms with Crippen molar-refractivity contribution < 1.29 is 23.5 Å². The average Bonchev–Trinajstić information content (AvgIpc) is 2.96. The molecule has 0 unspecified atom stereocenters. The maximum atomic E-state index is 13.0. The van der Waals surface area contributed by atoms with E-state index in [-0.39, 0.29) is 36.7 Å². The zero-order valence-electron chi connectivity index (χ0n) is 14.4. The number of hydrogen-bond acceptors (Lipinski definition) is 4. The zero-order chi connectivity index (χ0) is 19.0. The van der Waals surface area contributed by atoms with Crippen LogP contribution in [0.15, 0.2) is 48.5 Å². The Balaban J connectivity index is 1.35. The van der Waals surface area contributed by atoms with Gasteiger partial charge in [-0.3, -0.25) is 9.59 Å². The van der Waals surface area contributed by atoms with Crippen molar-refractivity contribution >= 4 is 17.9 Å². The van der Waals surface area contributed by atoms with Crippen LogP contribution in [0.3, 0.4) is 0 Å². The third-order valence-electron chi connectivity index (χ3n) is 4.84. The van der Waals surface area contributed by atoms with Crippen LogP contribution in [0.5, 0.6) is 0 Å². The van der Waals surface area contributed by atoms with Crippen LogP contribution in [0, 0.1) is 11.7 Å². The van der Waals surface area contributed by atoms with E-state index >= 15 is 0 Å². The maximum absolute atomic E-state index is 13.0. The highest BCUT2D eigenvalue weighted by Crippen LogP contribution is 2.24. The van der Waals surface area contributed by atoms with Crippen molar-refractivity contribution in [3.05, 3.63) is 59.9 Å². The molecule has 0 saturated carbocycles. The van der Waals surface area contributed by atoms with Crippen molar-refractivity contribution in [2.24, 2.45) is 5.92 Å². The van der Waals surface area contributed by atoms with Crippen molar-refractivity contribution in [2.45, 2.75) is 0 Å². The lowest BCUT2D eigenvalue weighted by Crippen LogP contribution is -2.54. The summed E-state index contributed by atoms with van der Waals surface area (Å²) in [6.07, 6.45) is -0.610. The van der Waals surface area contributed by atoms with Crippen molar-refractivity contribution in [3.63, 3.8) is 0 Å². The van der Waals surface area contributed by atoms with Gasteiger partial charge in [0.15, 0.2) is 6.61 Å². The minimum atomic E-state index is -0.610. The van der Waals surface area contributed by atoms with Crippen LogP contribution in [-0.2, 0) is 9.53 Å². The molecule has 2 aliphatic rings. The first-order chi connectivity index (χ1) is 13.0. The molecule has 138 valence electrons. The van der Waals surface area contributed by atoms with Crippen LogP contribution in [0.4, 0.5) is 9.18 Å². The van der Waals surface area contributed by atoms with Crippen molar-refractivity contribution in [2.75, 3.05) is 26.2 Å². The second-order valence-corrected chi connectivity index (χ2v) is 6.72. The fourth-order valence-electron chi connectivity index (χ4n) is 3.30. The first-order valence-electron chi connectivity index (χ1n) is 8.63. The predicted octanol–water partition coefficient (Wildman–Crippen LogP) is 2.54. The molecule has 0 atom stereocenters. The second kappa shape index (κ2) is 6.83. The van der Waals surface area contributed by atoms with E-state index in [9.17, 15) is 18.8 Å². The number of likely N-dealkylation sites (tertiary alicyclic amines) is 1. The highest BCUT2D eigenvalue weighted by molar-refractivity contribution is 5.98. The van der Waals surface area contributed by atoms with Crippen LogP contribution in [0.2, 0.25) is 0 Å². The quantitative estimate of drug-likeness (QED) is 0.832. The number of benzene rings is 2. The van der Waals surface area contributed by atoms with Crippen LogP contribution in [0.1, 0.15) is 10.4 Å². The van der Waals surface area contributed by atoms with Crippen molar-refractivity contribution in [1.82, 2.24) is 9.80 Å². The fourth-order valence-corrected chi connectivity index (χ4v) is 3.30. The van der Waals surface area contributed by atoms with Crippen LogP contribution >= 0.6 is 0 Å². The predicted molar refractivity (Wildman–Crippen MR) is 94.3 cm³/mol. The Labute approximate surface area is 155 Å². The monoisotopic (exact) mass is 368 g/mol. The van der Waals surface area contributed by atoms with Crippen LogP contribution in [0.25, 0.3) is 11.1 Å². The molecule has 2 saturated heterocycles. The van der Waals surface area contributed by atoms with E-state index in [1.807, 2.05) is 12.1 Å². The number of carbonyl (C=O) groups is 3. The van der Waals surface area contributed by atoms with Gasteiger partial charge in [0.2, 0.25) is 0 Å². The number of carbonyl (C=O) groups excluding carboxylic acids is 3. The third kappa shape index (κ3) is 3.40. The number of halogens is 1. The molecule has 7 heteroatoms. The first-order valence-corrected chi connectivity index (χ1v) is 8.63. The summed E-state index contributed by atoms with van der Waals surface area (Å²) in [4.78, 5) is 38.3. The Morgan fingerprint density at radius 2 is 1.59 bits per heavy atom. The smallest absolute Gasteiger partial charge is 0.417 e. The number of cyclic esters (lactones) is 1. The van der Waals surface area contributed by atoms with E-state index in [1.165, 1.54) is 12.1 Å². The van der Waals surface area contributed by atoms with E-state index in [4.69, 9.17) is 0 Å². The SMILES string of the molecule is O=C(c1ccc(-c2ccc(F)cc2)cc1)N1CC(CN2C(=O)COC2=O)C1. The van der Waals surface area contributed by atoms with Gasteiger partial charge in [0, 0.05) is 31.1 Å². The van der Waals surface area contributed by atoms with Gasteiger partial charge in [-0.1, -0.05) is 24.3 Å². The molecule has 2 aromatic rings. The van der Waals surface area contributed by atoms with E-state index in [0.717, 1.165) is 16.0 Å². The molecule has 27 heavy (non-hydrogen) atoms. The van der Waals surface area contributed by atoms with Gasteiger partial charge >= 0.3 is 6.09 Å². The molecular weight excluding hydrogens is 351 g/mol. The van der Waals surface area contributed by atoms with Gasteiger partial charge in [-0.15, -0.1) is 0 Å². The molecule has 0 spiro atoms. The Morgan fingerprint density at radius 1 is 1.00 bits per heavy atom. The van der Waals surface area contributed by atoms with Crippen molar-refractivity contribution in [3.8, 4) is 11.1 Å². The lowest BCUT2D eigenvalue weighted by molar-refractivity contribution is -0.126. The molecule has 2 fully saturated rings. The summed E-state index contributed by atoms with van der Waals surface area (Å²) in [5.41, 5.74) is 2.34. The van der Waals surface area contributed by atoms with Gasteiger partial charge in [-0.25, -0.2) is 14.1 Å². The number of ether oxygens (including phenoxy) is 1. The summed E-state index contributed by atoms with van der Waals surface area (Å²) in [6.45, 7) is 1.07. The molecule has 2 aliphatic heterocycles. The Morgan fingerprint density at radius 3 is 2.15 bits per heavy atom. The summed E-state index contributed by atoms with van der Waals surface area (Å²) in [7, 11) is 0. The van der Waals surface area contributed by atoms with E-state index in [1.54, 1.807) is 29.2 Å². The fraction of sp³-hybridized carbons (Fsp3) is 0.250. The minimum Gasteiger partial charge on any atom is -0.439 e. The van der Waals surface area contributed by atoms with Gasteiger partial charge in [0.05, 0.1) is 0 Å². The molecule has 0 N–H and O–H groups in total. The van der Waals surface area contributed by atoms with Gasteiger partial charge < -0.3 is 9.64 Å². The summed E-state index contributed by atoms with van der Waals surface area (Å²) in [5, 5.41) is 0. The number of nitrogens with zero attached hydrogens (tertiary/aromatic N) is 2. The van der Waals surface area contributed by atoms with Gasteiger partial charge in [-0.05, 0) is 35.4 Å². The van der Waals surface area contributed by atoms with E-state index in [2.05, 4.69) is 4.74 Å². The van der Waals surface area contributed by atoms with Gasteiger partial charge in [0.1, 0.15) is 5.82 Å². The van der Waals surface area contributed by atoms with E-state index < -0.39 is 6.09 Å². The number of amides is 3. The van der Waals surface area contributed by atoms with Crippen LogP contribution in [-0.4, -0.2) is 53.9 Å². The molecule has 2 heterocycles. The normalized spacial score (nSPS) is 17.1. The average molecular weight is 368 g/mol. The largest absolute Gasteiger partial charge is 0.439 e. The molecule has 0 radical (unpaired) electrons. The zero-order valence-corrected chi connectivity index (χ0v) is 14.4. The Hall–Kier alpha value is -3.22. The lowest BCUT2D eigenvalue weighted by atomic mass is 9.97. The first kappa shape index (κ1) is 17.2. The number of hydrogen-bond donors (Lipinski definition) is 0.